The van der Waals surface area contributed by atoms with E-state index in [0.717, 1.165) is 36.9 Å². The van der Waals surface area contributed by atoms with Crippen LogP contribution in [0, 0.1) is 0 Å². The number of carbonyl (C=O) groups excluding carboxylic acids is 1. The molecule has 1 aromatic carbocycles. The molecular formula is C13H19ClN2O3S. The van der Waals surface area contributed by atoms with Gasteiger partial charge in [-0.3, -0.25) is 4.79 Å². The summed E-state index contributed by atoms with van der Waals surface area (Å²) in [4.78, 5) is 12.1. The lowest BCUT2D eigenvalue weighted by Crippen LogP contribution is -2.30. The molecule has 2 rings (SSSR count). The first-order valence-electron chi connectivity index (χ1n) is 6.29. The van der Waals surface area contributed by atoms with Crippen LogP contribution in [0.15, 0.2) is 18.2 Å². The van der Waals surface area contributed by atoms with Crippen molar-refractivity contribution >= 4 is 33.8 Å². The van der Waals surface area contributed by atoms with E-state index in [4.69, 9.17) is 0 Å². The second-order valence-electron chi connectivity index (χ2n) is 4.75. The van der Waals surface area contributed by atoms with Crippen molar-refractivity contribution < 1.29 is 13.2 Å². The van der Waals surface area contributed by atoms with Crippen LogP contribution in [0.3, 0.4) is 0 Å². The van der Waals surface area contributed by atoms with Crippen LogP contribution in [0.5, 0.6) is 0 Å². The molecule has 5 nitrogen and oxygen atoms in total. The molecule has 0 radical (unpaired) electrons. The van der Waals surface area contributed by atoms with Gasteiger partial charge in [0.25, 0.3) is 5.91 Å². The molecule has 0 atom stereocenters. The zero-order valence-electron chi connectivity index (χ0n) is 11.3. The van der Waals surface area contributed by atoms with E-state index in [9.17, 15) is 13.2 Å². The van der Waals surface area contributed by atoms with Gasteiger partial charge in [-0.05, 0) is 30.5 Å². The highest BCUT2D eigenvalue weighted by molar-refractivity contribution is 7.90. The summed E-state index contributed by atoms with van der Waals surface area (Å²) in [5.74, 6) is -0.240. The Morgan fingerprint density at radius 1 is 1.40 bits per heavy atom. The molecular weight excluding hydrogens is 300 g/mol. The molecule has 0 saturated heterocycles. The fourth-order valence-corrected chi connectivity index (χ4v) is 2.64. The van der Waals surface area contributed by atoms with Crippen LogP contribution in [0.25, 0.3) is 0 Å². The number of amides is 1. The highest BCUT2D eigenvalue weighted by Gasteiger charge is 2.17. The number of rotatable bonds is 4. The predicted molar refractivity (Wildman–Crippen MR) is 82.5 cm³/mol. The molecule has 0 aromatic heterocycles. The second-order valence-corrected chi connectivity index (χ2v) is 7.01. The van der Waals surface area contributed by atoms with Gasteiger partial charge >= 0.3 is 0 Å². The van der Waals surface area contributed by atoms with Crippen molar-refractivity contribution in [1.29, 1.82) is 0 Å². The third kappa shape index (κ3) is 4.38. The van der Waals surface area contributed by atoms with Gasteiger partial charge in [-0.15, -0.1) is 12.4 Å². The van der Waals surface area contributed by atoms with Gasteiger partial charge in [0.15, 0.2) is 0 Å². The number of anilines is 1. The average Bonchev–Trinajstić information content (AvgIpc) is 2.36. The van der Waals surface area contributed by atoms with Gasteiger partial charge in [-0.25, -0.2) is 8.42 Å². The second kappa shape index (κ2) is 6.95. The Morgan fingerprint density at radius 3 is 2.85 bits per heavy atom. The average molecular weight is 319 g/mol. The number of hydrogen-bond acceptors (Lipinski definition) is 4. The van der Waals surface area contributed by atoms with Crippen molar-refractivity contribution in [3.8, 4) is 0 Å². The number of carbonyl (C=O) groups is 1. The molecule has 1 aliphatic rings. The standard InChI is InChI=1S/C13H18N2O3S.ClH/c1-19(17,18)9-8-15-13(16)11-4-2-6-12-10(11)5-3-7-14-12;/h2,4,6,14H,3,5,7-9H2,1H3,(H,15,16);1H. The van der Waals surface area contributed by atoms with E-state index in [1.165, 1.54) is 0 Å². The number of halogens is 1. The van der Waals surface area contributed by atoms with Gasteiger partial charge < -0.3 is 10.6 Å². The normalized spacial score (nSPS) is 13.7. The van der Waals surface area contributed by atoms with E-state index in [1.54, 1.807) is 6.07 Å². The summed E-state index contributed by atoms with van der Waals surface area (Å²) in [5, 5.41) is 5.92. The number of sulfone groups is 1. The third-order valence-electron chi connectivity index (χ3n) is 3.10. The lowest BCUT2D eigenvalue weighted by molar-refractivity contribution is 0.0955. The summed E-state index contributed by atoms with van der Waals surface area (Å²) in [6.45, 7) is 1.07. The van der Waals surface area contributed by atoms with Crippen molar-refractivity contribution in [3.63, 3.8) is 0 Å². The molecule has 0 saturated carbocycles. The lowest BCUT2D eigenvalue weighted by atomic mass is 9.97. The molecule has 0 spiro atoms. The third-order valence-corrected chi connectivity index (χ3v) is 4.04. The molecule has 0 bridgehead atoms. The largest absolute Gasteiger partial charge is 0.385 e. The Kier molecular flexibility index (Phi) is 5.83. The molecule has 1 aromatic rings. The van der Waals surface area contributed by atoms with E-state index in [1.807, 2.05) is 12.1 Å². The van der Waals surface area contributed by atoms with E-state index < -0.39 is 9.84 Å². The van der Waals surface area contributed by atoms with Crippen molar-refractivity contribution in [1.82, 2.24) is 5.32 Å². The van der Waals surface area contributed by atoms with Crippen molar-refractivity contribution in [2.75, 3.05) is 30.4 Å². The Morgan fingerprint density at radius 2 is 2.15 bits per heavy atom. The van der Waals surface area contributed by atoms with Crippen LogP contribution in [-0.4, -0.2) is 39.4 Å². The van der Waals surface area contributed by atoms with E-state index in [0.29, 0.717) is 5.56 Å². The first-order chi connectivity index (χ1) is 8.97. The molecule has 1 amide bonds. The van der Waals surface area contributed by atoms with E-state index in [2.05, 4.69) is 10.6 Å². The van der Waals surface area contributed by atoms with E-state index in [-0.39, 0.29) is 30.6 Å². The van der Waals surface area contributed by atoms with Crippen LogP contribution in [0.1, 0.15) is 22.3 Å². The predicted octanol–water partition coefficient (Wildman–Crippen LogP) is 1.24. The highest BCUT2D eigenvalue weighted by atomic mass is 35.5. The fourth-order valence-electron chi connectivity index (χ4n) is 2.17. The van der Waals surface area contributed by atoms with Crippen LogP contribution in [-0.2, 0) is 16.3 Å². The van der Waals surface area contributed by atoms with Gasteiger partial charge in [0.05, 0.1) is 5.75 Å². The van der Waals surface area contributed by atoms with Crippen molar-refractivity contribution in [2.24, 2.45) is 0 Å². The molecule has 112 valence electrons. The van der Waals surface area contributed by atoms with Crippen molar-refractivity contribution in [2.45, 2.75) is 12.8 Å². The molecule has 0 fully saturated rings. The zero-order chi connectivity index (χ0) is 13.9. The van der Waals surface area contributed by atoms with Gasteiger partial charge in [0.1, 0.15) is 9.84 Å². The topological polar surface area (TPSA) is 75.3 Å². The molecule has 1 aliphatic heterocycles. The minimum atomic E-state index is -3.05. The summed E-state index contributed by atoms with van der Waals surface area (Å²) < 4.78 is 22.0. The maximum atomic E-state index is 12.1. The minimum Gasteiger partial charge on any atom is -0.385 e. The summed E-state index contributed by atoms with van der Waals surface area (Å²) in [6, 6.07) is 5.58. The smallest absolute Gasteiger partial charge is 0.251 e. The Labute approximate surface area is 125 Å². The molecule has 0 aliphatic carbocycles. The summed E-state index contributed by atoms with van der Waals surface area (Å²) in [7, 11) is -3.05. The van der Waals surface area contributed by atoms with Gasteiger partial charge in [-0.1, -0.05) is 6.07 Å². The number of benzene rings is 1. The van der Waals surface area contributed by atoms with Crippen molar-refractivity contribution in [3.05, 3.63) is 29.3 Å². The Bertz CT molecular complexity index is 587. The monoisotopic (exact) mass is 318 g/mol. The SMILES string of the molecule is CS(=O)(=O)CCNC(=O)c1cccc2c1CCCN2.Cl. The highest BCUT2D eigenvalue weighted by Crippen LogP contribution is 2.25. The van der Waals surface area contributed by atoms with Crippen LogP contribution in [0.4, 0.5) is 5.69 Å². The van der Waals surface area contributed by atoms with Crippen LogP contribution in [0.2, 0.25) is 0 Å². The molecule has 7 heteroatoms. The summed E-state index contributed by atoms with van der Waals surface area (Å²) in [6.07, 6.45) is 3.03. The lowest BCUT2D eigenvalue weighted by Gasteiger charge is -2.20. The number of fused-ring (bicyclic) bond motifs is 1. The fraction of sp³-hybridized carbons (Fsp3) is 0.462. The van der Waals surface area contributed by atoms with Gasteiger partial charge in [0.2, 0.25) is 0 Å². The Balaban J connectivity index is 0.00000200. The number of hydrogen-bond donors (Lipinski definition) is 2. The quantitative estimate of drug-likeness (QED) is 0.876. The molecule has 1 heterocycles. The molecule has 0 unspecified atom stereocenters. The summed E-state index contributed by atoms with van der Waals surface area (Å²) in [5.41, 5.74) is 2.66. The molecule has 2 N–H and O–H groups in total. The minimum absolute atomic E-state index is 0. The van der Waals surface area contributed by atoms with Crippen LogP contribution >= 0.6 is 12.4 Å². The molecule has 20 heavy (non-hydrogen) atoms. The van der Waals surface area contributed by atoms with E-state index >= 15 is 0 Å². The first kappa shape index (κ1) is 16.8. The Hall–Kier alpha value is -1.27. The number of nitrogens with one attached hydrogen (secondary N) is 2. The van der Waals surface area contributed by atoms with Gasteiger partial charge in [-0.2, -0.15) is 0 Å². The zero-order valence-corrected chi connectivity index (χ0v) is 12.9. The maximum Gasteiger partial charge on any atom is 0.251 e. The van der Waals surface area contributed by atoms with Gasteiger partial charge in [0, 0.05) is 30.6 Å². The van der Waals surface area contributed by atoms with Crippen LogP contribution < -0.4 is 10.6 Å². The first-order valence-corrected chi connectivity index (χ1v) is 8.35. The summed E-state index contributed by atoms with van der Waals surface area (Å²) >= 11 is 0. The maximum absolute atomic E-state index is 12.1.